The fourth-order valence-electron chi connectivity index (χ4n) is 8.21. The second kappa shape index (κ2) is 12.9. The number of hydrogen-bond acceptors (Lipinski definition) is 3. The third-order valence-corrected chi connectivity index (χ3v) is 11.7. The summed E-state index contributed by atoms with van der Waals surface area (Å²) in [6.45, 7) is 0. The first-order valence-electron chi connectivity index (χ1n) is 18.0. The van der Waals surface area contributed by atoms with E-state index in [1.165, 1.54) is 44.5 Å². The van der Waals surface area contributed by atoms with Crippen molar-refractivity contribution in [2.45, 2.75) is 5.41 Å². The maximum atomic E-state index is 5.03. The zero-order valence-corrected chi connectivity index (χ0v) is 29.7. The van der Waals surface area contributed by atoms with Crippen molar-refractivity contribution >= 4 is 38.6 Å². The van der Waals surface area contributed by atoms with E-state index in [-0.39, 0.29) is 0 Å². The quantitative estimate of drug-likeness (QED) is 0.165. The second-order valence-corrected chi connectivity index (χ2v) is 14.6. The lowest BCUT2D eigenvalue weighted by atomic mass is 9.67. The highest BCUT2D eigenvalue weighted by Gasteiger charge is 2.46. The van der Waals surface area contributed by atoms with Crippen molar-refractivity contribution in [1.29, 1.82) is 0 Å². The van der Waals surface area contributed by atoms with Gasteiger partial charge in [0.05, 0.1) is 15.6 Å². The highest BCUT2D eigenvalue weighted by Crippen LogP contribution is 2.57. The van der Waals surface area contributed by atoms with Crippen LogP contribution in [0.1, 0.15) is 22.3 Å². The summed E-state index contributed by atoms with van der Waals surface area (Å²) in [4.78, 5) is 7.43. The molecule has 1 aliphatic rings. The minimum absolute atomic E-state index is 0.487. The highest BCUT2D eigenvalue weighted by atomic mass is 32.1. The molecule has 1 heterocycles. The number of aromatic nitrogens is 1. The van der Waals surface area contributed by atoms with Gasteiger partial charge < -0.3 is 4.90 Å². The van der Waals surface area contributed by atoms with Crippen molar-refractivity contribution < 1.29 is 0 Å². The molecule has 0 saturated carbocycles. The van der Waals surface area contributed by atoms with Gasteiger partial charge in [0.2, 0.25) is 0 Å². The van der Waals surface area contributed by atoms with Gasteiger partial charge in [0.25, 0.3) is 0 Å². The van der Waals surface area contributed by atoms with Crippen LogP contribution >= 0.6 is 11.3 Å². The maximum absolute atomic E-state index is 5.03. The molecule has 0 amide bonds. The van der Waals surface area contributed by atoms with Crippen LogP contribution in [0.2, 0.25) is 0 Å². The molecule has 9 aromatic rings. The molecule has 250 valence electrons. The Morgan fingerprint density at radius 1 is 0.396 bits per heavy atom. The zero-order valence-electron chi connectivity index (χ0n) is 28.9. The molecule has 1 aromatic heterocycles. The van der Waals surface area contributed by atoms with Gasteiger partial charge in [-0.1, -0.05) is 164 Å². The topological polar surface area (TPSA) is 16.1 Å². The summed E-state index contributed by atoms with van der Waals surface area (Å²) in [6.07, 6.45) is 0. The second-order valence-electron chi connectivity index (χ2n) is 13.5. The summed E-state index contributed by atoms with van der Waals surface area (Å²) in [5.41, 5.74) is 15.0. The molecular formula is C50H34N2S. The van der Waals surface area contributed by atoms with Crippen molar-refractivity contribution in [3.8, 4) is 32.8 Å². The standard InChI is InChI=1S/C50H34N2S/c1-5-15-35(16-6-1)36-25-27-40(28-26-36)52(42-30-32-47-48(34-42)53-49(51-47)37-17-7-2-8-18-37)41-29-31-44-43-23-13-14-24-45(43)50(46(44)33-41,38-19-9-3-10-20-38)39-21-11-4-12-22-39/h1-34H. The van der Waals surface area contributed by atoms with E-state index in [1.807, 2.05) is 0 Å². The third kappa shape index (κ3) is 5.20. The van der Waals surface area contributed by atoms with Crippen LogP contribution in [-0.4, -0.2) is 4.98 Å². The van der Waals surface area contributed by atoms with Gasteiger partial charge in [-0.25, -0.2) is 4.98 Å². The molecule has 0 spiro atoms. The molecular weight excluding hydrogens is 661 g/mol. The van der Waals surface area contributed by atoms with Crippen LogP contribution in [0.25, 0.3) is 43.0 Å². The summed E-state index contributed by atoms with van der Waals surface area (Å²) in [5.74, 6) is 0. The predicted octanol–water partition coefficient (Wildman–Crippen LogP) is 13.5. The summed E-state index contributed by atoms with van der Waals surface area (Å²) in [5, 5.41) is 1.03. The normalized spacial score (nSPS) is 12.7. The molecule has 0 saturated heterocycles. The SMILES string of the molecule is c1ccc(-c2ccc(N(c3ccc4c(c3)C(c3ccccc3)(c3ccccc3)c3ccccc3-4)c3ccc4nc(-c5ccccc5)sc4c3)cc2)cc1. The van der Waals surface area contributed by atoms with Crippen molar-refractivity contribution in [3.63, 3.8) is 0 Å². The van der Waals surface area contributed by atoms with Crippen molar-refractivity contribution in [1.82, 2.24) is 4.98 Å². The number of anilines is 3. The average molecular weight is 695 g/mol. The monoisotopic (exact) mass is 694 g/mol. The Morgan fingerprint density at radius 2 is 0.906 bits per heavy atom. The van der Waals surface area contributed by atoms with Crippen molar-refractivity contribution in [3.05, 3.63) is 229 Å². The van der Waals surface area contributed by atoms with E-state index in [0.717, 1.165) is 37.8 Å². The molecule has 1 aliphatic carbocycles. The van der Waals surface area contributed by atoms with Gasteiger partial charge in [0.15, 0.2) is 0 Å². The Bertz CT molecular complexity index is 2660. The first kappa shape index (κ1) is 31.2. The molecule has 0 fully saturated rings. The Morgan fingerprint density at radius 3 is 1.58 bits per heavy atom. The maximum Gasteiger partial charge on any atom is 0.124 e. The molecule has 0 bridgehead atoms. The summed E-state index contributed by atoms with van der Waals surface area (Å²) < 4.78 is 1.16. The van der Waals surface area contributed by atoms with E-state index in [0.29, 0.717) is 0 Å². The van der Waals surface area contributed by atoms with Gasteiger partial charge in [-0.2, -0.15) is 0 Å². The van der Waals surface area contributed by atoms with Crippen LogP contribution in [-0.2, 0) is 5.41 Å². The third-order valence-electron chi connectivity index (χ3n) is 10.6. The highest BCUT2D eigenvalue weighted by molar-refractivity contribution is 7.21. The van der Waals surface area contributed by atoms with Crippen molar-refractivity contribution in [2.75, 3.05) is 4.90 Å². The minimum atomic E-state index is -0.487. The van der Waals surface area contributed by atoms with Crippen LogP contribution in [0.15, 0.2) is 206 Å². The largest absolute Gasteiger partial charge is 0.310 e. The lowest BCUT2D eigenvalue weighted by molar-refractivity contribution is 0.768. The lowest BCUT2D eigenvalue weighted by Gasteiger charge is -2.35. The fraction of sp³-hybridized carbons (Fsp3) is 0.0200. The molecule has 2 nitrogen and oxygen atoms in total. The Labute approximate surface area is 313 Å². The number of hydrogen-bond donors (Lipinski definition) is 0. The van der Waals surface area contributed by atoms with E-state index in [1.54, 1.807) is 11.3 Å². The summed E-state index contributed by atoms with van der Waals surface area (Å²) >= 11 is 1.74. The fourth-order valence-corrected chi connectivity index (χ4v) is 9.21. The summed E-state index contributed by atoms with van der Waals surface area (Å²) in [7, 11) is 0. The van der Waals surface area contributed by atoms with Crippen LogP contribution in [0.5, 0.6) is 0 Å². The number of fused-ring (bicyclic) bond motifs is 4. The van der Waals surface area contributed by atoms with E-state index in [4.69, 9.17) is 4.98 Å². The van der Waals surface area contributed by atoms with Crippen LogP contribution in [0, 0.1) is 0 Å². The summed E-state index contributed by atoms with van der Waals surface area (Å²) in [6, 6.07) is 74.7. The Hall–Kier alpha value is -6.55. The number of nitrogens with zero attached hydrogens (tertiary/aromatic N) is 2. The van der Waals surface area contributed by atoms with Crippen LogP contribution in [0.4, 0.5) is 17.1 Å². The van der Waals surface area contributed by atoms with E-state index in [9.17, 15) is 0 Å². The van der Waals surface area contributed by atoms with Gasteiger partial charge in [-0.05, 0) is 87.0 Å². The molecule has 10 rings (SSSR count). The van der Waals surface area contributed by atoms with E-state index < -0.39 is 5.41 Å². The zero-order chi connectivity index (χ0) is 35.2. The molecule has 53 heavy (non-hydrogen) atoms. The van der Waals surface area contributed by atoms with Gasteiger partial charge >= 0.3 is 0 Å². The molecule has 0 N–H and O–H groups in total. The molecule has 0 radical (unpaired) electrons. The molecule has 3 heteroatoms. The molecule has 0 aliphatic heterocycles. The first-order chi connectivity index (χ1) is 26.3. The van der Waals surface area contributed by atoms with E-state index >= 15 is 0 Å². The number of thiazole rings is 1. The van der Waals surface area contributed by atoms with Crippen LogP contribution in [0.3, 0.4) is 0 Å². The average Bonchev–Trinajstić information content (AvgIpc) is 3.80. The van der Waals surface area contributed by atoms with Gasteiger partial charge in [-0.15, -0.1) is 11.3 Å². The van der Waals surface area contributed by atoms with Gasteiger partial charge in [-0.3, -0.25) is 0 Å². The Balaban J connectivity index is 1.19. The molecule has 0 atom stereocenters. The first-order valence-corrected chi connectivity index (χ1v) is 18.9. The molecule has 8 aromatic carbocycles. The lowest BCUT2D eigenvalue weighted by Crippen LogP contribution is -2.28. The van der Waals surface area contributed by atoms with E-state index in [2.05, 4.69) is 211 Å². The van der Waals surface area contributed by atoms with Crippen molar-refractivity contribution in [2.24, 2.45) is 0 Å². The number of benzene rings is 8. The van der Waals surface area contributed by atoms with Crippen LogP contribution < -0.4 is 4.90 Å². The minimum Gasteiger partial charge on any atom is -0.310 e. The van der Waals surface area contributed by atoms with Gasteiger partial charge in [0, 0.05) is 22.6 Å². The predicted molar refractivity (Wildman–Crippen MR) is 222 cm³/mol. The van der Waals surface area contributed by atoms with Gasteiger partial charge in [0.1, 0.15) is 5.01 Å². The smallest absolute Gasteiger partial charge is 0.124 e. The Kier molecular flexibility index (Phi) is 7.59. The number of rotatable bonds is 7. The molecule has 0 unspecified atom stereocenters.